The summed E-state index contributed by atoms with van der Waals surface area (Å²) in [6.45, 7) is 0. The van der Waals surface area contributed by atoms with Gasteiger partial charge in [-0.05, 0) is 49.9 Å². The molecular formula is C14H21N3O3S. The molecule has 4 N–H and O–H groups in total. The van der Waals surface area contributed by atoms with Crippen LogP contribution >= 0.6 is 0 Å². The average Bonchev–Trinajstić information content (AvgIpc) is 2.47. The maximum Gasteiger partial charge on any atom is 0.248 e. The van der Waals surface area contributed by atoms with E-state index in [1.165, 1.54) is 28.6 Å². The van der Waals surface area contributed by atoms with Crippen molar-refractivity contribution < 1.29 is 13.2 Å². The molecule has 7 heteroatoms. The lowest BCUT2D eigenvalue weighted by Gasteiger charge is -2.32. The molecule has 1 aliphatic rings. The number of rotatable bonds is 4. The van der Waals surface area contributed by atoms with Gasteiger partial charge in [0.2, 0.25) is 15.9 Å². The molecule has 0 atom stereocenters. The van der Waals surface area contributed by atoms with Crippen molar-refractivity contribution in [3.8, 4) is 0 Å². The summed E-state index contributed by atoms with van der Waals surface area (Å²) in [5, 5.41) is 0. The lowest BCUT2D eigenvalue weighted by molar-refractivity contribution is 0.1000. The summed E-state index contributed by atoms with van der Waals surface area (Å²) in [6.07, 6.45) is 3.23. The molecule has 2 rings (SSSR count). The fourth-order valence-electron chi connectivity index (χ4n) is 2.62. The van der Waals surface area contributed by atoms with Crippen LogP contribution in [0.2, 0.25) is 0 Å². The second-order valence-corrected chi connectivity index (χ2v) is 7.48. The van der Waals surface area contributed by atoms with Gasteiger partial charge < -0.3 is 11.5 Å². The molecule has 0 spiro atoms. The van der Waals surface area contributed by atoms with Crippen LogP contribution < -0.4 is 11.5 Å². The second-order valence-electron chi connectivity index (χ2n) is 5.48. The minimum absolute atomic E-state index is 0.0226. The molecule has 0 bridgehead atoms. The Morgan fingerprint density at radius 3 is 2.14 bits per heavy atom. The maximum atomic E-state index is 12.6. The van der Waals surface area contributed by atoms with Crippen molar-refractivity contribution in [1.29, 1.82) is 0 Å². The van der Waals surface area contributed by atoms with Crippen LogP contribution in [-0.2, 0) is 10.0 Å². The van der Waals surface area contributed by atoms with Crippen LogP contribution in [-0.4, -0.2) is 37.8 Å². The largest absolute Gasteiger partial charge is 0.366 e. The lowest BCUT2D eigenvalue weighted by atomic mass is 9.92. The molecule has 6 nitrogen and oxygen atoms in total. The molecule has 0 radical (unpaired) electrons. The van der Waals surface area contributed by atoms with Gasteiger partial charge in [-0.2, -0.15) is 4.31 Å². The molecule has 0 aliphatic heterocycles. The van der Waals surface area contributed by atoms with Crippen molar-refractivity contribution in [2.24, 2.45) is 11.5 Å². The summed E-state index contributed by atoms with van der Waals surface area (Å²) in [5.74, 6) is -0.575. The Morgan fingerprint density at radius 2 is 1.67 bits per heavy atom. The lowest BCUT2D eigenvalue weighted by Crippen LogP contribution is -2.41. The van der Waals surface area contributed by atoms with Crippen LogP contribution in [0.3, 0.4) is 0 Å². The first-order valence-corrected chi connectivity index (χ1v) is 8.40. The van der Waals surface area contributed by atoms with Crippen molar-refractivity contribution in [1.82, 2.24) is 4.31 Å². The van der Waals surface area contributed by atoms with E-state index in [1.807, 2.05) is 0 Å². The standard InChI is InChI=1S/C14H21N3O3S/c1-17(12-6-4-11(15)5-7-12)21(19,20)13-8-2-10(3-9-13)14(16)18/h2-3,8-9,11-12H,4-7,15H2,1H3,(H2,16,18). The van der Waals surface area contributed by atoms with E-state index in [0.717, 1.165) is 25.7 Å². The van der Waals surface area contributed by atoms with Gasteiger partial charge in [-0.15, -0.1) is 0 Å². The van der Waals surface area contributed by atoms with E-state index in [4.69, 9.17) is 11.5 Å². The van der Waals surface area contributed by atoms with Gasteiger partial charge in [-0.3, -0.25) is 4.79 Å². The number of benzene rings is 1. The minimum Gasteiger partial charge on any atom is -0.366 e. The Labute approximate surface area is 125 Å². The average molecular weight is 311 g/mol. The number of hydrogen-bond acceptors (Lipinski definition) is 4. The SMILES string of the molecule is CN(C1CCC(N)CC1)S(=O)(=O)c1ccc(C(N)=O)cc1. The van der Waals surface area contributed by atoms with Crippen LogP contribution in [0.5, 0.6) is 0 Å². The molecule has 116 valence electrons. The Hall–Kier alpha value is -1.44. The molecule has 1 saturated carbocycles. The van der Waals surface area contributed by atoms with Gasteiger partial charge in [0, 0.05) is 24.7 Å². The summed E-state index contributed by atoms with van der Waals surface area (Å²) < 4.78 is 26.6. The number of nitrogens with two attached hydrogens (primary N) is 2. The number of sulfonamides is 1. The van der Waals surface area contributed by atoms with E-state index in [9.17, 15) is 13.2 Å². The summed E-state index contributed by atoms with van der Waals surface area (Å²) in [5.41, 5.74) is 11.3. The predicted molar refractivity (Wildman–Crippen MR) is 80.1 cm³/mol. The summed E-state index contributed by atoms with van der Waals surface area (Å²) in [6, 6.07) is 5.85. The molecule has 1 aliphatic carbocycles. The first-order chi connectivity index (χ1) is 9.82. The van der Waals surface area contributed by atoms with Crippen LogP contribution in [0.1, 0.15) is 36.0 Å². The van der Waals surface area contributed by atoms with Gasteiger partial charge in [0.05, 0.1) is 4.90 Å². The van der Waals surface area contributed by atoms with Crippen molar-refractivity contribution in [3.05, 3.63) is 29.8 Å². The first-order valence-electron chi connectivity index (χ1n) is 6.96. The van der Waals surface area contributed by atoms with E-state index in [1.54, 1.807) is 7.05 Å². The fourth-order valence-corrected chi connectivity index (χ4v) is 4.03. The quantitative estimate of drug-likeness (QED) is 0.852. The molecule has 0 heterocycles. The minimum atomic E-state index is -3.56. The molecule has 21 heavy (non-hydrogen) atoms. The monoisotopic (exact) mass is 311 g/mol. The highest BCUT2D eigenvalue weighted by molar-refractivity contribution is 7.89. The maximum absolute atomic E-state index is 12.6. The molecule has 1 amide bonds. The number of primary amides is 1. The van der Waals surface area contributed by atoms with Gasteiger partial charge in [0.1, 0.15) is 0 Å². The zero-order valence-electron chi connectivity index (χ0n) is 12.0. The number of amides is 1. The third-order valence-corrected chi connectivity index (χ3v) is 6.00. The summed E-state index contributed by atoms with van der Waals surface area (Å²) in [7, 11) is -1.96. The summed E-state index contributed by atoms with van der Waals surface area (Å²) in [4.78, 5) is 11.2. The topological polar surface area (TPSA) is 106 Å². The molecule has 0 saturated heterocycles. The van der Waals surface area contributed by atoms with Crippen molar-refractivity contribution in [3.63, 3.8) is 0 Å². The Kier molecular flexibility index (Phi) is 4.65. The highest BCUT2D eigenvalue weighted by atomic mass is 32.2. The third-order valence-electron chi connectivity index (χ3n) is 4.07. The zero-order valence-corrected chi connectivity index (χ0v) is 12.8. The molecule has 1 aromatic carbocycles. The van der Waals surface area contributed by atoms with Gasteiger partial charge in [0.25, 0.3) is 0 Å². The highest BCUT2D eigenvalue weighted by Gasteiger charge is 2.30. The van der Waals surface area contributed by atoms with E-state index in [0.29, 0.717) is 5.56 Å². The molecule has 1 aromatic rings. The number of nitrogens with zero attached hydrogens (tertiary/aromatic N) is 1. The van der Waals surface area contributed by atoms with E-state index < -0.39 is 15.9 Å². The van der Waals surface area contributed by atoms with Crippen molar-refractivity contribution in [2.75, 3.05) is 7.05 Å². The zero-order chi connectivity index (χ0) is 15.6. The van der Waals surface area contributed by atoms with Gasteiger partial charge >= 0.3 is 0 Å². The van der Waals surface area contributed by atoms with E-state index in [-0.39, 0.29) is 17.0 Å². The van der Waals surface area contributed by atoms with Crippen LogP contribution in [0.15, 0.2) is 29.2 Å². The normalized spacial score (nSPS) is 23.2. The second kappa shape index (κ2) is 6.13. The van der Waals surface area contributed by atoms with Gasteiger partial charge in [-0.1, -0.05) is 0 Å². The number of carbonyl (C=O) groups is 1. The van der Waals surface area contributed by atoms with Crippen molar-refractivity contribution >= 4 is 15.9 Å². The number of carbonyl (C=O) groups excluding carboxylic acids is 1. The molecular weight excluding hydrogens is 290 g/mol. The van der Waals surface area contributed by atoms with Crippen LogP contribution in [0.4, 0.5) is 0 Å². The van der Waals surface area contributed by atoms with Gasteiger partial charge in [-0.25, -0.2) is 8.42 Å². The van der Waals surface area contributed by atoms with Crippen LogP contribution in [0.25, 0.3) is 0 Å². The Balaban J connectivity index is 2.18. The Bertz CT molecular complexity index is 605. The smallest absolute Gasteiger partial charge is 0.248 e. The van der Waals surface area contributed by atoms with E-state index in [2.05, 4.69) is 0 Å². The third kappa shape index (κ3) is 3.42. The van der Waals surface area contributed by atoms with Gasteiger partial charge in [0.15, 0.2) is 0 Å². The number of hydrogen-bond donors (Lipinski definition) is 2. The fraction of sp³-hybridized carbons (Fsp3) is 0.500. The molecule has 0 unspecified atom stereocenters. The molecule has 1 fully saturated rings. The van der Waals surface area contributed by atoms with E-state index >= 15 is 0 Å². The van der Waals surface area contributed by atoms with Crippen molar-refractivity contribution in [2.45, 2.75) is 42.7 Å². The highest BCUT2D eigenvalue weighted by Crippen LogP contribution is 2.26. The Morgan fingerprint density at radius 1 is 1.14 bits per heavy atom. The molecule has 0 aromatic heterocycles. The summed E-state index contributed by atoms with van der Waals surface area (Å²) >= 11 is 0. The van der Waals surface area contributed by atoms with Crippen LogP contribution in [0, 0.1) is 0 Å². The first kappa shape index (κ1) is 15.9. The predicted octanol–water partition coefficient (Wildman–Crippen LogP) is 0.676.